The summed E-state index contributed by atoms with van der Waals surface area (Å²) in [4.78, 5) is 20.4. The van der Waals surface area contributed by atoms with Gasteiger partial charge in [0, 0.05) is 33.7 Å². The maximum atomic E-state index is 4.68. The number of hydrogen-bond donors (Lipinski definition) is 3. The molecule has 8 nitrogen and oxygen atoms in total. The van der Waals surface area contributed by atoms with Crippen LogP contribution in [0, 0.1) is 0 Å². The molecule has 0 radical (unpaired) electrons. The predicted octanol–water partition coefficient (Wildman–Crippen LogP) is 2.50. The van der Waals surface area contributed by atoms with Crippen molar-refractivity contribution in [1.29, 1.82) is 0 Å². The SMILES string of the molecule is C=CCN(CC=C)c1nc(NC)c2nc(NCCC)nc(NC)c2n1. The molecule has 0 aliphatic heterocycles. The van der Waals surface area contributed by atoms with E-state index < -0.39 is 0 Å². The summed E-state index contributed by atoms with van der Waals surface area (Å²) in [6, 6.07) is 0. The second-order valence-corrected chi connectivity index (χ2v) is 5.37. The van der Waals surface area contributed by atoms with Crippen LogP contribution in [0.25, 0.3) is 11.0 Å². The maximum Gasteiger partial charge on any atom is 0.228 e. The Morgan fingerprint density at radius 3 is 2.08 bits per heavy atom. The highest BCUT2D eigenvalue weighted by atomic mass is 15.3. The molecule has 0 aromatic carbocycles. The molecule has 134 valence electrons. The number of aromatic nitrogens is 4. The minimum Gasteiger partial charge on any atom is -0.371 e. The summed E-state index contributed by atoms with van der Waals surface area (Å²) in [6.07, 6.45) is 4.61. The van der Waals surface area contributed by atoms with Crippen molar-refractivity contribution >= 4 is 34.6 Å². The fraction of sp³-hybridized carbons (Fsp3) is 0.412. The fourth-order valence-electron chi connectivity index (χ4n) is 2.36. The van der Waals surface area contributed by atoms with E-state index in [4.69, 9.17) is 0 Å². The summed E-state index contributed by atoms with van der Waals surface area (Å²) in [5.74, 6) is 2.43. The van der Waals surface area contributed by atoms with Gasteiger partial charge in [0.1, 0.15) is 11.0 Å². The number of nitrogens with one attached hydrogen (secondary N) is 3. The molecular formula is C17H26N8. The summed E-state index contributed by atoms with van der Waals surface area (Å²) < 4.78 is 0. The highest BCUT2D eigenvalue weighted by Gasteiger charge is 2.17. The zero-order chi connectivity index (χ0) is 18.2. The molecule has 0 fully saturated rings. The molecule has 0 aliphatic carbocycles. The molecule has 2 aromatic rings. The van der Waals surface area contributed by atoms with Crippen LogP contribution in [0.3, 0.4) is 0 Å². The van der Waals surface area contributed by atoms with Gasteiger partial charge in [-0.15, -0.1) is 13.2 Å². The van der Waals surface area contributed by atoms with Crippen LogP contribution in [0.15, 0.2) is 25.3 Å². The van der Waals surface area contributed by atoms with Gasteiger partial charge in [-0.05, 0) is 6.42 Å². The minimum atomic E-state index is 0.556. The van der Waals surface area contributed by atoms with E-state index in [0.29, 0.717) is 47.7 Å². The second-order valence-electron chi connectivity index (χ2n) is 5.37. The fourth-order valence-corrected chi connectivity index (χ4v) is 2.36. The van der Waals surface area contributed by atoms with Gasteiger partial charge in [-0.2, -0.15) is 9.97 Å². The summed E-state index contributed by atoms with van der Waals surface area (Å²) >= 11 is 0. The Hall–Kier alpha value is -2.90. The van der Waals surface area contributed by atoms with E-state index in [0.717, 1.165) is 13.0 Å². The van der Waals surface area contributed by atoms with E-state index >= 15 is 0 Å². The topological polar surface area (TPSA) is 90.9 Å². The third kappa shape index (κ3) is 4.14. The first kappa shape index (κ1) is 18.4. The molecule has 0 spiro atoms. The van der Waals surface area contributed by atoms with Crippen molar-refractivity contribution in [3.8, 4) is 0 Å². The Morgan fingerprint density at radius 1 is 0.920 bits per heavy atom. The van der Waals surface area contributed by atoms with Crippen LogP contribution in [-0.4, -0.2) is 53.7 Å². The normalized spacial score (nSPS) is 10.4. The van der Waals surface area contributed by atoms with Gasteiger partial charge in [0.2, 0.25) is 11.9 Å². The van der Waals surface area contributed by atoms with Crippen LogP contribution in [0.4, 0.5) is 23.5 Å². The zero-order valence-electron chi connectivity index (χ0n) is 15.1. The average molecular weight is 342 g/mol. The molecule has 0 saturated carbocycles. The highest BCUT2D eigenvalue weighted by Crippen LogP contribution is 2.27. The standard InChI is InChI=1S/C17H26N8/c1-6-9-20-16-21-12-13(14(18-4)23-16)22-17(24-15(12)19-5)25(10-7-2)11-8-3/h7-8H,2-3,6,9-11H2,1,4-5H3,(H,19,22,24)(H2,18,20,21,23). The van der Waals surface area contributed by atoms with Gasteiger partial charge in [0.05, 0.1) is 0 Å². The van der Waals surface area contributed by atoms with Crippen LogP contribution in [0.5, 0.6) is 0 Å². The average Bonchev–Trinajstić information content (AvgIpc) is 2.64. The Bertz CT molecular complexity index is 733. The van der Waals surface area contributed by atoms with Gasteiger partial charge in [0.15, 0.2) is 11.6 Å². The first-order valence-electron chi connectivity index (χ1n) is 8.34. The number of nitrogens with zero attached hydrogens (tertiary/aromatic N) is 5. The molecule has 2 aromatic heterocycles. The Balaban J connectivity index is 2.62. The van der Waals surface area contributed by atoms with Crippen molar-refractivity contribution in [3.63, 3.8) is 0 Å². The molecule has 0 saturated heterocycles. The Morgan fingerprint density at radius 2 is 1.52 bits per heavy atom. The van der Waals surface area contributed by atoms with Crippen LogP contribution in [0.1, 0.15) is 13.3 Å². The lowest BCUT2D eigenvalue weighted by atomic mass is 10.3. The van der Waals surface area contributed by atoms with E-state index in [1.165, 1.54) is 0 Å². The molecule has 8 heteroatoms. The first-order chi connectivity index (χ1) is 12.2. The van der Waals surface area contributed by atoms with Crippen molar-refractivity contribution in [1.82, 2.24) is 19.9 Å². The lowest BCUT2D eigenvalue weighted by molar-refractivity contribution is 0.896. The molecule has 0 aliphatic rings. The van der Waals surface area contributed by atoms with Crippen LogP contribution >= 0.6 is 0 Å². The third-order valence-electron chi connectivity index (χ3n) is 3.52. The van der Waals surface area contributed by atoms with Crippen LogP contribution in [-0.2, 0) is 0 Å². The maximum absolute atomic E-state index is 4.68. The third-order valence-corrected chi connectivity index (χ3v) is 3.52. The van der Waals surface area contributed by atoms with Gasteiger partial charge in [-0.3, -0.25) is 0 Å². The minimum absolute atomic E-state index is 0.556. The smallest absolute Gasteiger partial charge is 0.228 e. The summed E-state index contributed by atoms with van der Waals surface area (Å²) in [6.45, 7) is 11.7. The Labute approximate surface area is 148 Å². The van der Waals surface area contributed by atoms with E-state index in [1.807, 2.05) is 31.1 Å². The molecule has 3 N–H and O–H groups in total. The van der Waals surface area contributed by atoms with Gasteiger partial charge in [-0.1, -0.05) is 19.1 Å². The highest BCUT2D eigenvalue weighted by molar-refractivity contribution is 5.94. The van der Waals surface area contributed by atoms with Crippen LogP contribution < -0.4 is 20.9 Å². The van der Waals surface area contributed by atoms with E-state index in [9.17, 15) is 0 Å². The van der Waals surface area contributed by atoms with Gasteiger partial charge < -0.3 is 20.9 Å². The second kappa shape index (κ2) is 8.81. The van der Waals surface area contributed by atoms with Crippen molar-refractivity contribution in [2.45, 2.75) is 13.3 Å². The molecule has 25 heavy (non-hydrogen) atoms. The Kier molecular flexibility index (Phi) is 6.50. The lowest BCUT2D eigenvalue weighted by Crippen LogP contribution is -2.26. The monoisotopic (exact) mass is 342 g/mol. The zero-order valence-corrected chi connectivity index (χ0v) is 15.1. The van der Waals surface area contributed by atoms with Crippen molar-refractivity contribution in [2.24, 2.45) is 0 Å². The summed E-state index contributed by atoms with van der Waals surface area (Å²) in [5, 5.41) is 9.42. The number of anilines is 4. The lowest BCUT2D eigenvalue weighted by Gasteiger charge is -2.21. The van der Waals surface area contributed by atoms with E-state index in [2.05, 4.69) is 56.0 Å². The number of rotatable bonds is 10. The van der Waals surface area contributed by atoms with E-state index in [1.54, 1.807) is 0 Å². The van der Waals surface area contributed by atoms with E-state index in [-0.39, 0.29) is 0 Å². The molecule has 0 bridgehead atoms. The molecule has 0 unspecified atom stereocenters. The van der Waals surface area contributed by atoms with Crippen LogP contribution in [0.2, 0.25) is 0 Å². The number of fused-ring (bicyclic) bond motifs is 1. The summed E-state index contributed by atoms with van der Waals surface area (Å²) in [7, 11) is 3.63. The van der Waals surface area contributed by atoms with Gasteiger partial charge in [-0.25, -0.2) is 9.97 Å². The first-order valence-corrected chi connectivity index (χ1v) is 8.34. The largest absolute Gasteiger partial charge is 0.371 e. The van der Waals surface area contributed by atoms with Gasteiger partial charge in [0.25, 0.3) is 0 Å². The number of hydrogen-bond acceptors (Lipinski definition) is 8. The van der Waals surface area contributed by atoms with Crippen molar-refractivity contribution in [3.05, 3.63) is 25.3 Å². The van der Waals surface area contributed by atoms with Crippen molar-refractivity contribution < 1.29 is 0 Å². The predicted molar refractivity (Wildman–Crippen MR) is 106 cm³/mol. The van der Waals surface area contributed by atoms with Gasteiger partial charge >= 0.3 is 0 Å². The summed E-state index contributed by atoms with van der Waals surface area (Å²) in [5.41, 5.74) is 1.33. The molecule has 2 rings (SSSR count). The molecule has 0 amide bonds. The molecule has 0 atom stereocenters. The molecular weight excluding hydrogens is 316 g/mol. The quantitative estimate of drug-likeness (QED) is 0.567. The molecule has 2 heterocycles. The van der Waals surface area contributed by atoms with Crippen molar-refractivity contribution in [2.75, 3.05) is 54.6 Å².